The average Bonchev–Trinajstić information content (AvgIpc) is 2.51. The Labute approximate surface area is 123 Å². The van der Waals surface area contributed by atoms with E-state index in [0.717, 1.165) is 16.3 Å². The Hall–Kier alpha value is -2.39. The highest BCUT2D eigenvalue weighted by atomic mass is 19.1. The van der Waals surface area contributed by atoms with Gasteiger partial charge in [-0.1, -0.05) is 42.5 Å². The zero-order valence-corrected chi connectivity index (χ0v) is 11.6. The number of para-hydroxylation sites is 1. The minimum Gasteiger partial charge on any atom is -0.454 e. The summed E-state index contributed by atoms with van der Waals surface area (Å²) in [6.45, 7) is 0.456. The third-order valence-electron chi connectivity index (χ3n) is 3.40. The van der Waals surface area contributed by atoms with Crippen molar-refractivity contribution in [1.29, 1.82) is 0 Å². The molecule has 0 saturated heterocycles. The fourth-order valence-corrected chi connectivity index (χ4v) is 2.37. The molecule has 3 aromatic carbocycles. The van der Waals surface area contributed by atoms with Crippen molar-refractivity contribution in [2.24, 2.45) is 5.73 Å². The Morgan fingerprint density at radius 1 is 0.905 bits per heavy atom. The highest BCUT2D eigenvalue weighted by Crippen LogP contribution is 2.30. The molecule has 0 aliphatic carbocycles. The maximum absolute atomic E-state index is 14.0. The van der Waals surface area contributed by atoms with E-state index in [9.17, 15) is 4.39 Å². The number of benzene rings is 3. The summed E-state index contributed by atoms with van der Waals surface area (Å²) in [7, 11) is 0. The summed E-state index contributed by atoms with van der Waals surface area (Å²) in [6, 6.07) is 18.6. The lowest BCUT2D eigenvalue weighted by Crippen LogP contribution is -2.05. The Kier molecular flexibility index (Phi) is 3.84. The van der Waals surface area contributed by atoms with Gasteiger partial charge in [-0.05, 0) is 47.5 Å². The molecule has 3 heteroatoms. The highest BCUT2D eigenvalue weighted by Gasteiger charge is 2.10. The quantitative estimate of drug-likeness (QED) is 0.775. The van der Waals surface area contributed by atoms with Crippen LogP contribution in [-0.4, -0.2) is 6.54 Å². The molecule has 2 N–H and O–H groups in total. The average molecular weight is 281 g/mol. The summed E-state index contributed by atoms with van der Waals surface area (Å²) < 4.78 is 19.8. The predicted molar refractivity (Wildman–Crippen MR) is 83.2 cm³/mol. The van der Waals surface area contributed by atoms with E-state index in [1.165, 1.54) is 6.07 Å². The van der Waals surface area contributed by atoms with Gasteiger partial charge < -0.3 is 10.5 Å². The van der Waals surface area contributed by atoms with Crippen molar-refractivity contribution in [2.45, 2.75) is 6.42 Å². The van der Waals surface area contributed by atoms with Gasteiger partial charge in [0.2, 0.25) is 0 Å². The zero-order chi connectivity index (χ0) is 14.7. The second-order valence-corrected chi connectivity index (χ2v) is 4.88. The molecule has 0 heterocycles. The minimum absolute atomic E-state index is 0.262. The van der Waals surface area contributed by atoms with Gasteiger partial charge in [0.15, 0.2) is 11.6 Å². The summed E-state index contributed by atoms with van der Waals surface area (Å²) in [5.41, 5.74) is 6.35. The molecule has 0 atom stereocenters. The van der Waals surface area contributed by atoms with E-state index < -0.39 is 0 Å². The van der Waals surface area contributed by atoms with Gasteiger partial charge in [0.1, 0.15) is 5.75 Å². The first kappa shape index (κ1) is 13.6. The number of hydrogen-bond acceptors (Lipinski definition) is 2. The SMILES string of the molecule is NCCc1cccc(F)c1Oc1ccc2ccccc2c1. The molecule has 0 saturated carbocycles. The van der Waals surface area contributed by atoms with Crippen molar-refractivity contribution in [3.05, 3.63) is 72.0 Å². The second kappa shape index (κ2) is 5.94. The summed E-state index contributed by atoms with van der Waals surface area (Å²) in [4.78, 5) is 0. The number of halogens is 1. The van der Waals surface area contributed by atoms with Crippen LogP contribution in [-0.2, 0) is 6.42 Å². The van der Waals surface area contributed by atoms with Gasteiger partial charge in [0, 0.05) is 0 Å². The number of ether oxygens (including phenoxy) is 1. The molecule has 0 amide bonds. The molecule has 2 nitrogen and oxygen atoms in total. The van der Waals surface area contributed by atoms with E-state index in [-0.39, 0.29) is 11.6 Å². The first-order valence-corrected chi connectivity index (χ1v) is 6.92. The molecular formula is C18H16FNO. The van der Waals surface area contributed by atoms with Crippen LogP contribution in [0.25, 0.3) is 10.8 Å². The first-order valence-electron chi connectivity index (χ1n) is 6.92. The van der Waals surface area contributed by atoms with Crippen molar-refractivity contribution >= 4 is 10.8 Å². The Morgan fingerprint density at radius 3 is 2.52 bits per heavy atom. The second-order valence-electron chi connectivity index (χ2n) is 4.88. The third-order valence-corrected chi connectivity index (χ3v) is 3.40. The zero-order valence-electron chi connectivity index (χ0n) is 11.6. The molecule has 0 bridgehead atoms. The molecule has 0 unspecified atom stereocenters. The Balaban J connectivity index is 1.98. The summed E-state index contributed by atoms with van der Waals surface area (Å²) in [5.74, 6) is 0.518. The van der Waals surface area contributed by atoms with Crippen LogP contribution < -0.4 is 10.5 Å². The van der Waals surface area contributed by atoms with Gasteiger partial charge in [-0.15, -0.1) is 0 Å². The molecule has 21 heavy (non-hydrogen) atoms. The molecule has 3 rings (SSSR count). The lowest BCUT2D eigenvalue weighted by Gasteiger charge is -2.12. The predicted octanol–water partition coefficient (Wildman–Crippen LogP) is 4.27. The topological polar surface area (TPSA) is 35.2 Å². The monoisotopic (exact) mass is 281 g/mol. The van der Waals surface area contributed by atoms with Crippen LogP contribution >= 0.6 is 0 Å². The molecular weight excluding hydrogens is 265 g/mol. The standard InChI is InChI=1S/C18H16FNO/c19-17-7-3-6-14(10-11-20)18(17)21-16-9-8-13-4-1-2-5-15(13)12-16/h1-9,12H,10-11,20H2. The van der Waals surface area contributed by atoms with Crippen LogP contribution in [0.3, 0.4) is 0 Å². The highest BCUT2D eigenvalue weighted by molar-refractivity contribution is 5.83. The number of hydrogen-bond donors (Lipinski definition) is 1. The van der Waals surface area contributed by atoms with E-state index in [1.54, 1.807) is 6.07 Å². The molecule has 106 valence electrons. The lowest BCUT2D eigenvalue weighted by molar-refractivity contribution is 0.437. The van der Waals surface area contributed by atoms with Gasteiger partial charge in [-0.2, -0.15) is 0 Å². The van der Waals surface area contributed by atoms with Crippen molar-refractivity contribution in [2.75, 3.05) is 6.54 Å². The molecule has 0 radical (unpaired) electrons. The maximum atomic E-state index is 14.0. The van der Waals surface area contributed by atoms with Crippen molar-refractivity contribution < 1.29 is 9.13 Å². The van der Waals surface area contributed by atoms with Crippen molar-refractivity contribution in [1.82, 2.24) is 0 Å². The molecule has 3 aromatic rings. The van der Waals surface area contributed by atoms with Gasteiger partial charge >= 0.3 is 0 Å². The van der Waals surface area contributed by atoms with E-state index in [1.807, 2.05) is 48.5 Å². The fourth-order valence-electron chi connectivity index (χ4n) is 2.37. The van der Waals surface area contributed by atoms with Crippen LogP contribution in [0.4, 0.5) is 4.39 Å². The van der Waals surface area contributed by atoms with E-state index >= 15 is 0 Å². The number of fused-ring (bicyclic) bond motifs is 1. The van der Waals surface area contributed by atoms with E-state index in [2.05, 4.69) is 0 Å². The normalized spacial score (nSPS) is 10.8. The van der Waals surface area contributed by atoms with E-state index in [4.69, 9.17) is 10.5 Å². The van der Waals surface area contributed by atoms with Gasteiger partial charge in [0.05, 0.1) is 0 Å². The van der Waals surface area contributed by atoms with Crippen molar-refractivity contribution in [3.8, 4) is 11.5 Å². The number of rotatable bonds is 4. The molecule has 0 aliphatic rings. The Bertz CT molecular complexity index is 770. The van der Waals surface area contributed by atoms with Gasteiger partial charge in [0.25, 0.3) is 0 Å². The smallest absolute Gasteiger partial charge is 0.166 e. The third kappa shape index (κ3) is 2.88. The van der Waals surface area contributed by atoms with Crippen LogP contribution in [0, 0.1) is 5.82 Å². The largest absolute Gasteiger partial charge is 0.454 e. The Morgan fingerprint density at radius 2 is 1.71 bits per heavy atom. The first-order chi connectivity index (χ1) is 10.3. The van der Waals surface area contributed by atoms with Crippen LogP contribution in [0.5, 0.6) is 11.5 Å². The lowest BCUT2D eigenvalue weighted by atomic mass is 10.1. The summed E-state index contributed by atoms with van der Waals surface area (Å²) in [6.07, 6.45) is 0.584. The molecule has 0 fully saturated rings. The molecule has 0 spiro atoms. The van der Waals surface area contributed by atoms with Gasteiger partial charge in [-0.25, -0.2) is 4.39 Å². The van der Waals surface area contributed by atoms with E-state index in [0.29, 0.717) is 18.7 Å². The minimum atomic E-state index is -0.367. The number of nitrogens with two attached hydrogens (primary N) is 1. The molecule has 0 aliphatic heterocycles. The van der Waals surface area contributed by atoms with Gasteiger partial charge in [-0.3, -0.25) is 0 Å². The van der Waals surface area contributed by atoms with Crippen LogP contribution in [0.15, 0.2) is 60.7 Å². The maximum Gasteiger partial charge on any atom is 0.166 e. The van der Waals surface area contributed by atoms with Crippen LogP contribution in [0.2, 0.25) is 0 Å². The molecule has 0 aromatic heterocycles. The van der Waals surface area contributed by atoms with Crippen LogP contribution in [0.1, 0.15) is 5.56 Å². The summed E-state index contributed by atoms with van der Waals surface area (Å²) in [5, 5.41) is 2.19. The fraction of sp³-hybridized carbons (Fsp3) is 0.111. The summed E-state index contributed by atoms with van der Waals surface area (Å²) >= 11 is 0. The van der Waals surface area contributed by atoms with Crippen molar-refractivity contribution in [3.63, 3.8) is 0 Å².